The smallest absolute Gasteiger partial charge is 0.268 e. The van der Waals surface area contributed by atoms with Crippen LogP contribution >= 0.6 is 27.3 Å². The molecule has 9 nitrogen and oxygen atoms in total. The summed E-state index contributed by atoms with van der Waals surface area (Å²) in [6.45, 7) is 0.690. The largest absolute Gasteiger partial charge is 0.490 e. The number of halogens is 1. The molecule has 1 aromatic heterocycles. The highest BCUT2D eigenvalue weighted by molar-refractivity contribution is 9.10. The van der Waals surface area contributed by atoms with E-state index < -0.39 is 15.7 Å². The summed E-state index contributed by atoms with van der Waals surface area (Å²) in [4.78, 5) is 12.4. The third kappa shape index (κ3) is 7.11. The monoisotopic (exact) mass is 548 g/mol. The van der Waals surface area contributed by atoms with Crippen molar-refractivity contribution in [1.82, 2.24) is 10.2 Å². The van der Waals surface area contributed by atoms with Gasteiger partial charge in [-0.05, 0) is 51.8 Å². The predicted octanol–water partition coefficient (Wildman–Crippen LogP) is 3.71. The van der Waals surface area contributed by atoms with Gasteiger partial charge in [-0.3, -0.25) is 10.1 Å². The van der Waals surface area contributed by atoms with Crippen LogP contribution in [0.5, 0.6) is 11.5 Å². The Morgan fingerprint density at radius 2 is 1.91 bits per heavy atom. The van der Waals surface area contributed by atoms with Gasteiger partial charge in [0.15, 0.2) is 0 Å². The lowest BCUT2D eigenvalue weighted by Gasteiger charge is -2.10. The average molecular weight is 549 g/mol. The second kappa shape index (κ2) is 11.0. The Bertz CT molecular complexity index is 1320. The van der Waals surface area contributed by atoms with E-state index in [1.165, 1.54) is 6.08 Å². The summed E-state index contributed by atoms with van der Waals surface area (Å²) in [5.74, 6) is 0.598. The molecule has 12 heteroatoms. The van der Waals surface area contributed by atoms with Crippen LogP contribution in [-0.4, -0.2) is 44.0 Å². The van der Waals surface area contributed by atoms with Crippen LogP contribution in [0.25, 0.3) is 6.08 Å². The molecule has 0 fully saturated rings. The van der Waals surface area contributed by atoms with Crippen LogP contribution in [0.3, 0.4) is 0 Å². The second-order valence-electron chi connectivity index (χ2n) is 6.47. The number of amides is 1. The van der Waals surface area contributed by atoms with Crippen LogP contribution in [0, 0.1) is 11.3 Å². The van der Waals surface area contributed by atoms with E-state index in [0.29, 0.717) is 40.3 Å². The van der Waals surface area contributed by atoms with Gasteiger partial charge in [0.1, 0.15) is 36.4 Å². The van der Waals surface area contributed by atoms with Gasteiger partial charge in [-0.1, -0.05) is 35.6 Å². The van der Waals surface area contributed by atoms with Crippen molar-refractivity contribution in [3.05, 3.63) is 64.1 Å². The number of hydrogen-bond acceptors (Lipinski definition) is 9. The molecule has 170 valence electrons. The van der Waals surface area contributed by atoms with E-state index >= 15 is 0 Å². The molecular formula is C21H17BrN4O5S2. The van der Waals surface area contributed by atoms with Gasteiger partial charge in [0.05, 0.1) is 4.47 Å². The first-order valence-electron chi connectivity index (χ1n) is 9.33. The zero-order valence-electron chi connectivity index (χ0n) is 17.2. The Labute approximate surface area is 202 Å². The molecule has 1 amide bonds. The topological polar surface area (TPSA) is 131 Å². The van der Waals surface area contributed by atoms with E-state index in [1.807, 2.05) is 36.4 Å². The highest BCUT2D eigenvalue weighted by Gasteiger charge is 2.17. The average Bonchev–Trinajstić information content (AvgIpc) is 3.26. The lowest BCUT2D eigenvalue weighted by Crippen LogP contribution is -2.13. The molecule has 1 heterocycles. The number of carbonyl (C=O) groups excluding carboxylic acids is 1. The maximum absolute atomic E-state index is 12.4. The standard InChI is InChI=1S/C21H17BrN4O5S2/c1-33(28,29)21-26-25-20(32-21)24-19(27)15(13-23)11-14-7-8-18(17(22)12-14)31-10-9-30-16-5-3-2-4-6-16/h2-8,11-12H,9-10H2,1H3,(H,24,25,27)/b15-11-. The van der Waals surface area contributed by atoms with Crippen molar-refractivity contribution in [2.45, 2.75) is 4.34 Å². The Hall–Kier alpha value is -3.27. The van der Waals surface area contributed by atoms with Gasteiger partial charge in [-0.25, -0.2) is 8.42 Å². The van der Waals surface area contributed by atoms with E-state index in [9.17, 15) is 18.5 Å². The Morgan fingerprint density at radius 1 is 1.18 bits per heavy atom. The summed E-state index contributed by atoms with van der Waals surface area (Å²) < 4.78 is 34.7. The number of para-hydroxylation sites is 1. The van der Waals surface area contributed by atoms with Crippen molar-refractivity contribution in [1.29, 1.82) is 5.26 Å². The highest BCUT2D eigenvalue weighted by Crippen LogP contribution is 2.27. The summed E-state index contributed by atoms with van der Waals surface area (Å²) in [6, 6.07) is 16.3. The molecule has 0 bridgehead atoms. The van der Waals surface area contributed by atoms with Gasteiger partial charge >= 0.3 is 0 Å². The van der Waals surface area contributed by atoms with Gasteiger partial charge in [0, 0.05) is 6.26 Å². The van der Waals surface area contributed by atoms with Crippen LogP contribution in [0.1, 0.15) is 5.56 Å². The number of ether oxygens (including phenoxy) is 2. The molecular weight excluding hydrogens is 532 g/mol. The van der Waals surface area contributed by atoms with Gasteiger partial charge < -0.3 is 9.47 Å². The molecule has 33 heavy (non-hydrogen) atoms. The molecule has 3 rings (SSSR count). The number of nitriles is 1. The quantitative estimate of drug-likeness (QED) is 0.185. The van der Waals surface area contributed by atoms with Crippen LogP contribution < -0.4 is 14.8 Å². The number of nitrogens with one attached hydrogen (secondary N) is 1. The molecule has 0 aliphatic heterocycles. The van der Waals surface area contributed by atoms with Crippen LogP contribution in [0.15, 0.2) is 62.9 Å². The summed E-state index contributed by atoms with van der Waals surface area (Å²) >= 11 is 4.12. The zero-order valence-corrected chi connectivity index (χ0v) is 20.4. The molecule has 0 atom stereocenters. The van der Waals surface area contributed by atoms with Crippen molar-refractivity contribution < 1.29 is 22.7 Å². The molecule has 0 unspecified atom stereocenters. The van der Waals surface area contributed by atoms with Crippen molar-refractivity contribution in [3.8, 4) is 17.6 Å². The summed E-state index contributed by atoms with van der Waals surface area (Å²) in [5, 5.41) is 18.9. The fraction of sp³-hybridized carbons (Fsp3) is 0.143. The second-order valence-corrected chi connectivity index (χ2v) is 10.5. The van der Waals surface area contributed by atoms with Crippen molar-refractivity contribution in [2.24, 2.45) is 0 Å². The number of hydrogen-bond donors (Lipinski definition) is 1. The maximum atomic E-state index is 12.4. The number of nitrogens with zero attached hydrogens (tertiary/aromatic N) is 3. The van der Waals surface area contributed by atoms with Crippen molar-refractivity contribution >= 4 is 54.2 Å². The fourth-order valence-electron chi connectivity index (χ4n) is 2.44. The lowest BCUT2D eigenvalue weighted by atomic mass is 10.1. The number of carbonyl (C=O) groups is 1. The summed E-state index contributed by atoms with van der Waals surface area (Å²) in [6.07, 6.45) is 2.38. The molecule has 3 aromatic rings. The Morgan fingerprint density at radius 3 is 2.55 bits per heavy atom. The van der Waals surface area contributed by atoms with Crippen molar-refractivity contribution in [2.75, 3.05) is 24.8 Å². The van der Waals surface area contributed by atoms with E-state index in [2.05, 4.69) is 31.4 Å². The third-order valence-corrected chi connectivity index (χ3v) is 7.06. The van der Waals surface area contributed by atoms with Gasteiger partial charge in [-0.2, -0.15) is 5.26 Å². The highest BCUT2D eigenvalue weighted by atomic mass is 79.9. The third-order valence-electron chi connectivity index (χ3n) is 3.93. The number of sulfone groups is 1. The van der Waals surface area contributed by atoms with E-state index in [-0.39, 0.29) is 15.0 Å². The SMILES string of the molecule is CS(=O)(=O)c1nnc(NC(=O)/C(C#N)=C\c2ccc(OCCOc3ccccc3)c(Br)c2)s1. The molecule has 0 aliphatic rings. The van der Waals surface area contributed by atoms with Gasteiger partial charge in [0.25, 0.3) is 5.91 Å². The number of aromatic nitrogens is 2. The molecule has 2 aromatic carbocycles. The molecule has 0 saturated heterocycles. The first-order chi connectivity index (χ1) is 15.8. The Kier molecular flexibility index (Phi) is 8.16. The molecule has 0 radical (unpaired) electrons. The van der Waals surface area contributed by atoms with Gasteiger partial charge in [0.2, 0.25) is 19.3 Å². The van der Waals surface area contributed by atoms with Gasteiger partial charge in [-0.15, -0.1) is 10.2 Å². The van der Waals surface area contributed by atoms with Crippen molar-refractivity contribution in [3.63, 3.8) is 0 Å². The fourth-order valence-corrected chi connectivity index (χ4v) is 4.46. The number of benzene rings is 2. The molecule has 0 aliphatic carbocycles. The normalized spacial score (nSPS) is 11.5. The number of anilines is 1. The maximum Gasteiger partial charge on any atom is 0.268 e. The first-order valence-corrected chi connectivity index (χ1v) is 12.8. The summed E-state index contributed by atoms with van der Waals surface area (Å²) in [5.41, 5.74) is 0.387. The Balaban J connectivity index is 1.61. The minimum absolute atomic E-state index is 0.0239. The van der Waals surface area contributed by atoms with E-state index in [1.54, 1.807) is 18.2 Å². The summed E-state index contributed by atoms with van der Waals surface area (Å²) in [7, 11) is -3.53. The minimum atomic E-state index is -3.53. The van der Waals surface area contributed by atoms with E-state index in [4.69, 9.17) is 9.47 Å². The molecule has 0 spiro atoms. The predicted molar refractivity (Wildman–Crippen MR) is 127 cm³/mol. The van der Waals surface area contributed by atoms with E-state index in [0.717, 1.165) is 12.0 Å². The lowest BCUT2D eigenvalue weighted by molar-refractivity contribution is -0.112. The first kappa shape index (κ1) is 24.4. The van der Waals surface area contributed by atoms with Crippen LogP contribution in [0.2, 0.25) is 0 Å². The number of rotatable bonds is 9. The molecule has 1 N–H and O–H groups in total. The van der Waals surface area contributed by atoms with Crippen LogP contribution in [-0.2, 0) is 14.6 Å². The molecule has 0 saturated carbocycles. The zero-order chi connectivity index (χ0) is 23.8. The van der Waals surface area contributed by atoms with Crippen LogP contribution in [0.4, 0.5) is 5.13 Å². The minimum Gasteiger partial charge on any atom is -0.490 e.